The highest BCUT2D eigenvalue weighted by molar-refractivity contribution is 4.81. The first-order valence-corrected chi connectivity index (χ1v) is 5.06. The Morgan fingerprint density at radius 2 is 1.73 bits per heavy atom. The zero-order valence-electron chi connectivity index (χ0n) is 7.55. The summed E-state index contributed by atoms with van der Waals surface area (Å²) in [7, 11) is 2.31. The summed E-state index contributed by atoms with van der Waals surface area (Å²) >= 11 is 0. The van der Waals surface area contributed by atoms with E-state index in [1.807, 2.05) is 0 Å². The number of rotatable bonds is 3. The molecule has 0 aromatic heterocycles. The predicted molar refractivity (Wildman–Crippen MR) is 47.6 cm³/mol. The van der Waals surface area contributed by atoms with Crippen molar-refractivity contribution < 1.29 is 0 Å². The average molecular weight is 153 g/mol. The van der Waals surface area contributed by atoms with Crippen molar-refractivity contribution in [2.75, 3.05) is 13.6 Å². The summed E-state index contributed by atoms with van der Waals surface area (Å²) in [6.07, 6.45) is 8.88. The lowest BCUT2D eigenvalue weighted by atomic mass is 9.83. The van der Waals surface area contributed by atoms with Crippen molar-refractivity contribution in [2.45, 2.75) is 44.6 Å². The van der Waals surface area contributed by atoms with Crippen LogP contribution in [0.25, 0.3) is 0 Å². The number of nitrogens with zero attached hydrogens (tertiary/aromatic N) is 1. The summed E-state index contributed by atoms with van der Waals surface area (Å²) in [5, 5.41) is 0. The molecule has 0 aromatic rings. The average Bonchev–Trinajstić information content (AvgIpc) is 1.74. The Balaban J connectivity index is 1.67. The molecule has 0 saturated heterocycles. The first-order chi connectivity index (χ1) is 5.36. The second kappa shape index (κ2) is 3.14. The van der Waals surface area contributed by atoms with Crippen LogP contribution in [0, 0.1) is 5.92 Å². The van der Waals surface area contributed by atoms with Gasteiger partial charge in [-0.3, -0.25) is 0 Å². The molecule has 0 bridgehead atoms. The maximum Gasteiger partial charge on any atom is 0.00923 e. The molecule has 11 heavy (non-hydrogen) atoms. The Bertz CT molecular complexity index is 125. The van der Waals surface area contributed by atoms with Crippen molar-refractivity contribution in [3.63, 3.8) is 0 Å². The predicted octanol–water partition coefficient (Wildman–Crippen LogP) is 2.27. The van der Waals surface area contributed by atoms with Gasteiger partial charge >= 0.3 is 0 Å². The summed E-state index contributed by atoms with van der Waals surface area (Å²) in [6.45, 7) is 1.38. The van der Waals surface area contributed by atoms with E-state index >= 15 is 0 Å². The minimum atomic E-state index is 0.954. The lowest BCUT2D eigenvalue weighted by Gasteiger charge is -2.39. The van der Waals surface area contributed by atoms with Gasteiger partial charge in [-0.1, -0.05) is 12.8 Å². The lowest BCUT2D eigenvalue weighted by molar-refractivity contribution is 0.113. The molecule has 2 fully saturated rings. The van der Waals surface area contributed by atoms with Crippen LogP contribution in [0.15, 0.2) is 0 Å². The van der Waals surface area contributed by atoms with Crippen LogP contribution in [-0.4, -0.2) is 24.5 Å². The Hall–Kier alpha value is -0.0400. The van der Waals surface area contributed by atoms with Crippen LogP contribution in [0.1, 0.15) is 38.5 Å². The molecule has 0 atom stereocenters. The minimum absolute atomic E-state index is 0.954. The third-order valence-corrected chi connectivity index (χ3v) is 3.47. The fraction of sp³-hybridized carbons (Fsp3) is 1.00. The Labute approximate surface area is 69.8 Å². The molecule has 1 heteroatoms. The van der Waals surface area contributed by atoms with Crippen LogP contribution in [0.2, 0.25) is 0 Å². The Morgan fingerprint density at radius 3 is 2.09 bits per heavy atom. The standard InChI is InChI=1S/C10H19N/c1-11(10-6-3-7-10)8-9-4-2-5-9/h9-10H,2-8H2,1H3. The van der Waals surface area contributed by atoms with Gasteiger partial charge in [0.2, 0.25) is 0 Å². The van der Waals surface area contributed by atoms with E-state index in [0.29, 0.717) is 0 Å². The van der Waals surface area contributed by atoms with E-state index in [0.717, 1.165) is 12.0 Å². The van der Waals surface area contributed by atoms with Gasteiger partial charge < -0.3 is 4.90 Å². The molecule has 0 heterocycles. The zero-order chi connectivity index (χ0) is 7.68. The Morgan fingerprint density at radius 1 is 1.09 bits per heavy atom. The van der Waals surface area contributed by atoms with Gasteiger partial charge in [-0.25, -0.2) is 0 Å². The van der Waals surface area contributed by atoms with E-state index in [2.05, 4.69) is 11.9 Å². The molecule has 2 rings (SSSR count). The van der Waals surface area contributed by atoms with Crippen molar-refractivity contribution in [3.05, 3.63) is 0 Å². The van der Waals surface area contributed by atoms with E-state index in [-0.39, 0.29) is 0 Å². The van der Waals surface area contributed by atoms with Crippen LogP contribution in [0.4, 0.5) is 0 Å². The van der Waals surface area contributed by atoms with Gasteiger partial charge in [-0.2, -0.15) is 0 Å². The maximum absolute atomic E-state index is 2.59. The summed E-state index contributed by atoms with van der Waals surface area (Å²) in [5.74, 6) is 1.06. The van der Waals surface area contributed by atoms with Gasteiger partial charge in [0.05, 0.1) is 0 Å². The van der Waals surface area contributed by atoms with Gasteiger partial charge in [0.1, 0.15) is 0 Å². The van der Waals surface area contributed by atoms with E-state index in [1.165, 1.54) is 45.1 Å². The summed E-state index contributed by atoms with van der Waals surface area (Å²) in [5.41, 5.74) is 0. The molecule has 2 aliphatic rings. The molecule has 0 radical (unpaired) electrons. The molecule has 0 unspecified atom stereocenters. The van der Waals surface area contributed by atoms with Gasteiger partial charge in [-0.05, 0) is 38.6 Å². The summed E-state index contributed by atoms with van der Waals surface area (Å²) < 4.78 is 0. The summed E-state index contributed by atoms with van der Waals surface area (Å²) in [6, 6.07) is 0.954. The molecule has 0 spiro atoms. The van der Waals surface area contributed by atoms with Crippen LogP contribution in [-0.2, 0) is 0 Å². The second-order valence-corrected chi connectivity index (χ2v) is 4.32. The van der Waals surface area contributed by atoms with Gasteiger partial charge in [-0.15, -0.1) is 0 Å². The minimum Gasteiger partial charge on any atom is -0.303 e. The maximum atomic E-state index is 2.59. The zero-order valence-corrected chi connectivity index (χ0v) is 7.55. The Kier molecular flexibility index (Phi) is 2.17. The van der Waals surface area contributed by atoms with Gasteiger partial charge in [0, 0.05) is 12.6 Å². The monoisotopic (exact) mass is 153 g/mol. The molecular formula is C10H19N. The van der Waals surface area contributed by atoms with Crippen molar-refractivity contribution in [1.82, 2.24) is 4.90 Å². The van der Waals surface area contributed by atoms with Crippen molar-refractivity contribution >= 4 is 0 Å². The number of hydrogen-bond donors (Lipinski definition) is 0. The third-order valence-electron chi connectivity index (χ3n) is 3.47. The lowest BCUT2D eigenvalue weighted by Crippen LogP contribution is -2.41. The third kappa shape index (κ3) is 1.58. The highest BCUT2D eigenvalue weighted by Gasteiger charge is 2.26. The molecular weight excluding hydrogens is 134 g/mol. The molecule has 2 aliphatic carbocycles. The van der Waals surface area contributed by atoms with Crippen LogP contribution in [0.3, 0.4) is 0 Å². The second-order valence-electron chi connectivity index (χ2n) is 4.32. The van der Waals surface area contributed by atoms with Crippen molar-refractivity contribution in [3.8, 4) is 0 Å². The topological polar surface area (TPSA) is 3.24 Å². The smallest absolute Gasteiger partial charge is 0.00923 e. The fourth-order valence-electron chi connectivity index (χ4n) is 2.06. The van der Waals surface area contributed by atoms with E-state index in [9.17, 15) is 0 Å². The largest absolute Gasteiger partial charge is 0.303 e. The highest BCUT2D eigenvalue weighted by Crippen LogP contribution is 2.30. The molecule has 1 nitrogen and oxygen atoms in total. The van der Waals surface area contributed by atoms with E-state index in [4.69, 9.17) is 0 Å². The number of hydrogen-bond acceptors (Lipinski definition) is 1. The first kappa shape index (κ1) is 7.60. The molecule has 0 aliphatic heterocycles. The quantitative estimate of drug-likeness (QED) is 0.601. The first-order valence-electron chi connectivity index (χ1n) is 5.06. The van der Waals surface area contributed by atoms with Crippen LogP contribution in [0.5, 0.6) is 0 Å². The SMILES string of the molecule is CN(CC1CCC1)C1CCC1. The fourth-order valence-corrected chi connectivity index (χ4v) is 2.06. The van der Waals surface area contributed by atoms with E-state index < -0.39 is 0 Å². The van der Waals surface area contributed by atoms with Crippen molar-refractivity contribution in [2.24, 2.45) is 5.92 Å². The molecule has 64 valence electrons. The van der Waals surface area contributed by atoms with Crippen LogP contribution < -0.4 is 0 Å². The highest BCUT2D eigenvalue weighted by atomic mass is 15.1. The molecule has 0 amide bonds. The van der Waals surface area contributed by atoms with Crippen LogP contribution >= 0.6 is 0 Å². The normalized spacial score (nSPS) is 26.7. The van der Waals surface area contributed by atoms with E-state index in [1.54, 1.807) is 0 Å². The van der Waals surface area contributed by atoms with Gasteiger partial charge in [0.15, 0.2) is 0 Å². The van der Waals surface area contributed by atoms with Crippen molar-refractivity contribution in [1.29, 1.82) is 0 Å². The molecule has 0 N–H and O–H groups in total. The molecule has 2 saturated carbocycles. The van der Waals surface area contributed by atoms with Gasteiger partial charge in [0.25, 0.3) is 0 Å². The summed E-state index contributed by atoms with van der Waals surface area (Å²) in [4.78, 5) is 2.59. The molecule has 0 aromatic carbocycles.